The number of hydrogen-bond donors (Lipinski definition) is 4. The Morgan fingerprint density at radius 1 is 0.765 bits per heavy atom. The van der Waals surface area contributed by atoms with Crippen molar-refractivity contribution in [2.24, 2.45) is 11.8 Å². The van der Waals surface area contributed by atoms with Crippen LogP contribution in [0, 0.1) is 11.8 Å². The Bertz CT molecular complexity index is 1900. The topological polar surface area (TPSA) is 135 Å². The second kappa shape index (κ2) is 25.4. The van der Waals surface area contributed by atoms with Crippen molar-refractivity contribution in [3.8, 4) is 0 Å². The summed E-state index contributed by atoms with van der Waals surface area (Å²) >= 11 is 0. The van der Waals surface area contributed by atoms with Gasteiger partial charge in [0.15, 0.2) is 6.29 Å². The van der Waals surface area contributed by atoms with Gasteiger partial charge in [0.05, 0.1) is 29.8 Å². The van der Waals surface area contributed by atoms with E-state index in [1.54, 1.807) is 20.8 Å². The average molecular weight is 964 g/mol. The molecule has 2 aliphatic rings. The van der Waals surface area contributed by atoms with Gasteiger partial charge in [0.1, 0.15) is 6.10 Å². The number of ether oxygens (including phenoxy) is 3. The summed E-state index contributed by atoms with van der Waals surface area (Å²) in [6.07, 6.45) is 4.60. The minimum Gasteiger partial charge on any atom is -0.384 e. The molecule has 11 nitrogen and oxygen atoms in total. The predicted octanol–water partition coefficient (Wildman–Crippen LogP) is 7.26. The molecule has 5 rings (SSSR count). The Kier molecular flexibility index (Phi) is 20.9. The molecule has 0 unspecified atom stereocenters. The molecule has 0 amide bonds. The van der Waals surface area contributed by atoms with Gasteiger partial charge < -0.3 is 34.4 Å². The molecule has 4 N–H and O–H groups in total. The van der Waals surface area contributed by atoms with Gasteiger partial charge in [0, 0.05) is 18.9 Å². The van der Waals surface area contributed by atoms with E-state index in [0.717, 1.165) is 51.1 Å². The van der Waals surface area contributed by atoms with Crippen molar-refractivity contribution >= 4 is 34.8 Å². The Morgan fingerprint density at radius 3 is 1.88 bits per heavy atom. The average Bonchev–Trinajstić information content (AvgIpc) is 3.31. The number of rotatable bonds is 17. The second-order valence-electron chi connectivity index (χ2n) is 21.5. The Morgan fingerprint density at radius 2 is 1.32 bits per heavy atom. The smallest absolute Gasteiger partial charge is 0.384 e. The molecule has 0 aromatic heterocycles. The van der Waals surface area contributed by atoms with E-state index < -0.39 is 67.1 Å². The summed E-state index contributed by atoms with van der Waals surface area (Å²) in [5.41, 5.74) is -1.97. The van der Waals surface area contributed by atoms with Crippen molar-refractivity contribution in [2.75, 3.05) is 52.3 Å². The number of nitrogens with zero attached hydrogens (tertiary/aromatic N) is 3. The van der Waals surface area contributed by atoms with Crippen LogP contribution < -0.4 is 20.8 Å². The molecule has 3 aromatic carbocycles. The molecule has 2 fully saturated rings. The van der Waals surface area contributed by atoms with Crippen LogP contribution in [-0.4, -0.2) is 144 Å². The van der Waals surface area contributed by atoms with E-state index >= 15 is 0 Å². The number of hydrogen-bond acceptors (Lipinski definition) is 11. The molecular weight excluding hydrogens is 874 g/mol. The van der Waals surface area contributed by atoms with Crippen LogP contribution in [0.3, 0.4) is 0 Å². The van der Waals surface area contributed by atoms with E-state index in [1.165, 1.54) is 21.6 Å². The van der Waals surface area contributed by atoms with Crippen LogP contribution in [0.25, 0.3) is 0 Å². The van der Waals surface area contributed by atoms with E-state index in [2.05, 4.69) is 121 Å². The number of aliphatic hydroxyl groups is 4. The van der Waals surface area contributed by atoms with Crippen LogP contribution in [0.4, 0.5) is 5.69 Å². The molecule has 12 atom stereocenters. The summed E-state index contributed by atoms with van der Waals surface area (Å²) < 4.78 is 18.8. The second-order valence-corrected chi connectivity index (χ2v) is 25.6. The summed E-state index contributed by atoms with van der Waals surface area (Å²) in [5.74, 6) is -1.72. The van der Waals surface area contributed by atoms with Crippen molar-refractivity contribution in [2.45, 2.75) is 179 Å². The van der Waals surface area contributed by atoms with Gasteiger partial charge in [0.2, 0.25) is 0 Å². The van der Waals surface area contributed by atoms with Gasteiger partial charge in [0.25, 0.3) is 0 Å². The normalized spacial score (nSPS) is 32.0. The molecule has 12 heteroatoms. The van der Waals surface area contributed by atoms with Gasteiger partial charge in [-0.2, -0.15) is 0 Å². The Balaban J connectivity index is 1.29. The first kappa shape index (κ1) is 56.0. The molecule has 3 aromatic rings. The van der Waals surface area contributed by atoms with Crippen LogP contribution in [-0.2, 0) is 19.0 Å². The molecule has 382 valence electrons. The fourth-order valence-electron chi connectivity index (χ4n) is 11.1. The van der Waals surface area contributed by atoms with Gasteiger partial charge >= 0.3 is 250 Å². The molecule has 2 saturated heterocycles. The molecule has 0 spiro atoms. The molecule has 68 heavy (non-hydrogen) atoms. The summed E-state index contributed by atoms with van der Waals surface area (Å²) in [6.45, 7) is 14.0. The van der Waals surface area contributed by atoms with E-state index in [1.807, 2.05) is 34.9 Å². The molecular formula is C56H90N3O8P. The molecule has 2 heterocycles. The van der Waals surface area contributed by atoms with Gasteiger partial charge in [-0.05, 0) is 54.6 Å². The zero-order valence-corrected chi connectivity index (χ0v) is 44.5. The zero-order chi connectivity index (χ0) is 49.8. The minimum atomic E-state index is -2.34. The summed E-state index contributed by atoms with van der Waals surface area (Å²) in [4.78, 5) is 20.2. The SMILES string of the molecule is CC[C@H]1OC(=O)[C@H](C)[C@@H](O)C[C@@H](O[C@H]2C[C@@H](N(C)C)C[C@@H](C)O2)[C@](C)(O)C[C@@H](C)CN(CCCCCCCC[PH](c2ccccc2)(c2ccccc2)c2ccc(N(C)C)cc2)[C@H](C)[C@@H](O)[C@]1(C)O. The van der Waals surface area contributed by atoms with Crippen molar-refractivity contribution < 1.29 is 39.4 Å². The number of cyclic esters (lactones) is 1. The molecule has 0 bridgehead atoms. The first-order valence-corrected chi connectivity index (χ1v) is 28.0. The quantitative estimate of drug-likeness (QED) is 0.0619. The number of benzene rings is 3. The molecule has 2 aliphatic heterocycles. The number of anilines is 1. The van der Waals surface area contributed by atoms with Crippen LogP contribution in [0.1, 0.15) is 119 Å². The zero-order valence-electron chi connectivity index (χ0n) is 43.5. The first-order chi connectivity index (χ1) is 32.2. The maximum absolute atomic E-state index is 13.7. The van der Waals surface area contributed by atoms with Crippen molar-refractivity contribution in [1.82, 2.24) is 9.80 Å². The Hall–Kier alpha value is -2.96. The van der Waals surface area contributed by atoms with Crippen LogP contribution in [0.5, 0.6) is 0 Å². The number of carbonyl (C=O) groups is 1. The third-order valence-electron chi connectivity index (χ3n) is 15.5. The van der Waals surface area contributed by atoms with E-state index in [9.17, 15) is 25.2 Å². The third-order valence-corrected chi connectivity index (χ3v) is 20.5. The summed E-state index contributed by atoms with van der Waals surface area (Å²) in [6, 6.07) is 31.3. The van der Waals surface area contributed by atoms with Crippen molar-refractivity contribution in [1.29, 1.82) is 0 Å². The summed E-state index contributed by atoms with van der Waals surface area (Å²) in [5, 5.41) is 52.2. The third kappa shape index (κ3) is 14.3. The van der Waals surface area contributed by atoms with Gasteiger partial charge in [-0.3, -0.25) is 4.79 Å². The van der Waals surface area contributed by atoms with Gasteiger partial charge in [-0.1, -0.05) is 6.92 Å². The van der Waals surface area contributed by atoms with Crippen LogP contribution >= 0.6 is 7.26 Å². The molecule has 0 radical (unpaired) electrons. The number of unbranched alkanes of at least 4 members (excludes halogenated alkanes) is 5. The van der Waals surface area contributed by atoms with E-state index in [4.69, 9.17) is 14.2 Å². The van der Waals surface area contributed by atoms with Crippen molar-refractivity contribution in [3.05, 3.63) is 84.9 Å². The van der Waals surface area contributed by atoms with E-state index in [0.29, 0.717) is 25.9 Å². The number of carbonyl (C=O) groups excluding carboxylic acids is 1. The minimum absolute atomic E-state index is 0.0155. The van der Waals surface area contributed by atoms with Crippen LogP contribution in [0.15, 0.2) is 84.9 Å². The number of esters is 1. The number of aliphatic hydroxyl groups excluding tert-OH is 2. The molecule has 0 aliphatic carbocycles. The first-order valence-electron chi connectivity index (χ1n) is 25.8. The van der Waals surface area contributed by atoms with Crippen LogP contribution in [0.2, 0.25) is 0 Å². The van der Waals surface area contributed by atoms with E-state index in [-0.39, 0.29) is 30.9 Å². The van der Waals surface area contributed by atoms with Crippen molar-refractivity contribution in [3.63, 3.8) is 0 Å². The fourth-order valence-corrected chi connectivity index (χ4v) is 16.0. The predicted molar refractivity (Wildman–Crippen MR) is 281 cm³/mol. The van der Waals surface area contributed by atoms with Gasteiger partial charge in [-0.15, -0.1) is 0 Å². The summed E-state index contributed by atoms with van der Waals surface area (Å²) in [7, 11) is 5.92. The Labute approximate surface area is 410 Å². The van der Waals surface area contributed by atoms with Gasteiger partial charge in [-0.25, -0.2) is 0 Å². The molecule has 0 saturated carbocycles. The monoisotopic (exact) mass is 964 g/mol. The fraction of sp³-hybridized carbons (Fsp3) is 0.661. The maximum atomic E-state index is 13.7. The standard InChI is InChI=1S/C56H90N3O8P/c1-12-50-56(7,64)53(61)43(5)59(39-40(2)38-55(6,63)51(37-49(60)42(4)54(62)67-50)66-52-36-45(58(10)11)35-41(3)65-52)33-23-15-13-14-16-24-34-68(46-25-19-17-20-26-46,47-27-21-18-22-28-47)48-31-29-44(30-32-48)57(8)9/h17-22,25-32,40-43,45,49-53,60-61,63-64,68H,12-16,23-24,33-39H2,1-11H3/t40-,41-,42-,43-,45+,49+,50-,51-,52+,53-,55-,56-/m1/s1.